The maximum absolute atomic E-state index is 6.87. The van der Waals surface area contributed by atoms with Crippen LogP contribution in [-0.4, -0.2) is 9.97 Å². The Morgan fingerprint density at radius 2 is 1.08 bits per heavy atom. The normalized spacial score (nSPS) is 13.5. The average Bonchev–Trinajstić information content (AvgIpc) is 3.47. The van der Waals surface area contributed by atoms with Gasteiger partial charge in [0.1, 0.15) is 11.5 Å². The third kappa shape index (κ3) is 3.64. The predicted octanol–water partition coefficient (Wildman–Crippen LogP) is 11.7. The van der Waals surface area contributed by atoms with Crippen LogP contribution in [-0.2, 0) is 5.41 Å². The van der Waals surface area contributed by atoms with Gasteiger partial charge in [-0.2, -0.15) is 0 Å². The molecule has 1 aliphatic heterocycles. The quantitative estimate of drug-likeness (QED) is 0.177. The van der Waals surface area contributed by atoms with Crippen molar-refractivity contribution in [2.45, 2.75) is 5.41 Å². The first-order valence-corrected chi connectivity index (χ1v) is 17.1. The van der Waals surface area contributed by atoms with E-state index in [4.69, 9.17) is 14.7 Å². The van der Waals surface area contributed by atoms with Crippen LogP contribution in [0.4, 0.5) is 0 Å². The second-order valence-electron chi connectivity index (χ2n) is 13.3. The maximum Gasteiger partial charge on any atom is 0.132 e. The van der Waals surface area contributed by atoms with Crippen LogP contribution in [0.15, 0.2) is 170 Å². The Morgan fingerprint density at radius 3 is 1.92 bits per heavy atom. The van der Waals surface area contributed by atoms with Gasteiger partial charge < -0.3 is 4.74 Å². The molecule has 9 aromatic rings. The highest BCUT2D eigenvalue weighted by Gasteiger charge is 2.50. The fourth-order valence-electron chi connectivity index (χ4n) is 8.68. The van der Waals surface area contributed by atoms with E-state index < -0.39 is 5.41 Å². The standard InChI is InChI=1S/C47H28N2O/c1-2-12-33-29(10-1)21-24-34(44(33)41-26-23-31-20-19-30-11-9-27-48-45(30)46(31)49-41)32-22-25-40-43(28-32)50-42-18-8-7-17-39(42)47(40)37-15-5-3-13-35(37)36-14-4-6-16-38(36)47/h1-28H. The predicted molar refractivity (Wildman–Crippen MR) is 203 cm³/mol. The van der Waals surface area contributed by atoms with E-state index in [-0.39, 0.29) is 0 Å². The Labute approximate surface area is 289 Å². The zero-order valence-corrected chi connectivity index (χ0v) is 27.0. The highest BCUT2D eigenvalue weighted by atomic mass is 16.5. The summed E-state index contributed by atoms with van der Waals surface area (Å²) in [6.45, 7) is 0. The number of nitrogens with zero attached hydrogens (tertiary/aromatic N) is 2. The molecule has 0 fully saturated rings. The monoisotopic (exact) mass is 636 g/mol. The van der Waals surface area contributed by atoms with Crippen LogP contribution >= 0.6 is 0 Å². The van der Waals surface area contributed by atoms with Crippen LogP contribution in [0.25, 0.3) is 66.1 Å². The average molecular weight is 637 g/mol. The van der Waals surface area contributed by atoms with Crippen LogP contribution in [0.2, 0.25) is 0 Å². The van der Waals surface area contributed by atoms with Gasteiger partial charge in [-0.3, -0.25) is 4.98 Å². The summed E-state index contributed by atoms with van der Waals surface area (Å²) in [5.41, 5.74) is 13.0. The molecule has 3 heteroatoms. The molecule has 3 nitrogen and oxygen atoms in total. The Balaban J connectivity index is 1.18. The van der Waals surface area contributed by atoms with Crippen molar-refractivity contribution in [2.75, 3.05) is 0 Å². The molecule has 0 unspecified atom stereocenters. The number of benzene rings is 7. The molecule has 1 spiro atoms. The van der Waals surface area contributed by atoms with Gasteiger partial charge in [-0.1, -0.05) is 140 Å². The molecule has 0 N–H and O–H groups in total. The maximum atomic E-state index is 6.87. The molecule has 3 heterocycles. The molecule has 0 saturated carbocycles. The number of pyridine rings is 2. The zero-order valence-electron chi connectivity index (χ0n) is 27.0. The Bertz CT molecular complexity index is 2830. The summed E-state index contributed by atoms with van der Waals surface area (Å²) in [7, 11) is 0. The lowest BCUT2D eigenvalue weighted by Crippen LogP contribution is -2.32. The van der Waals surface area contributed by atoms with E-state index in [0.29, 0.717) is 0 Å². The van der Waals surface area contributed by atoms with Crippen molar-refractivity contribution in [3.05, 3.63) is 192 Å². The molecule has 1 aliphatic carbocycles. The van der Waals surface area contributed by atoms with Crippen molar-refractivity contribution in [3.8, 4) is 45.0 Å². The fourth-order valence-corrected chi connectivity index (χ4v) is 8.68. The smallest absolute Gasteiger partial charge is 0.132 e. The van der Waals surface area contributed by atoms with Gasteiger partial charge in [-0.25, -0.2) is 4.98 Å². The molecule has 2 aromatic heterocycles. The van der Waals surface area contributed by atoms with E-state index >= 15 is 0 Å². The Morgan fingerprint density at radius 1 is 0.440 bits per heavy atom. The molecule has 0 amide bonds. The van der Waals surface area contributed by atoms with Crippen molar-refractivity contribution in [1.29, 1.82) is 0 Å². The third-order valence-corrected chi connectivity index (χ3v) is 10.8. The molecule has 232 valence electrons. The van der Waals surface area contributed by atoms with E-state index in [1.54, 1.807) is 0 Å². The number of ether oxygens (including phenoxy) is 1. The lowest BCUT2D eigenvalue weighted by molar-refractivity contribution is 0.436. The lowest BCUT2D eigenvalue weighted by atomic mass is 9.66. The van der Waals surface area contributed by atoms with Gasteiger partial charge in [0.15, 0.2) is 0 Å². The van der Waals surface area contributed by atoms with E-state index in [9.17, 15) is 0 Å². The van der Waals surface area contributed by atoms with Crippen molar-refractivity contribution < 1.29 is 4.74 Å². The van der Waals surface area contributed by atoms with Crippen molar-refractivity contribution in [1.82, 2.24) is 9.97 Å². The summed E-state index contributed by atoms with van der Waals surface area (Å²) in [5.74, 6) is 1.76. The number of hydrogen-bond donors (Lipinski definition) is 0. The van der Waals surface area contributed by atoms with Crippen LogP contribution < -0.4 is 4.74 Å². The van der Waals surface area contributed by atoms with Gasteiger partial charge in [0.2, 0.25) is 0 Å². The van der Waals surface area contributed by atoms with E-state index in [0.717, 1.165) is 66.6 Å². The van der Waals surface area contributed by atoms with Crippen LogP contribution in [0.3, 0.4) is 0 Å². The second-order valence-corrected chi connectivity index (χ2v) is 13.3. The highest BCUT2D eigenvalue weighted by molar-refractivity contribution is 6.07. The van der Waals surface area contributed by atoms with Crippen molar-refractivity contribution in [2.24, 2.45) is 0 Å². The summed E-state index contributed by atoms with van der Waals surface area (Å²) in [6.07, 6.45) is 1.85. The van der Waals surface area contributed by atoms with Crippen LogP contribution in [0, 0.1) is 0 Å². The molecule has 0 radical (unpaired) electrons. The first-order chi connectivity index (χ1) is 24.8. The van der Waals surface area contributed by atoms with Crippen LogP contribution in [0.5, 0.6) is 11.5 Å². The third-order valence-electron chi connectivity index (χ3n) is 10.8. The SMILES string of the molecule is c1ccc2c(c1)Oc1cc(-c3ccc4ccccc4c3-c3ccc4ccc5cccnc5c4n3)ccc1C21c2ccccc2-c2ccccc21. The minimum Gasteiger partial charge on any atom is -0.457 e. The second kappa shape index (κ2) is 10.2. The first kappa shape index (κ1) is 27.4. The molecule has 50 heavy (non-hydrogen) atoms. The number of aromatic nitrogens is 2. The topological polar surface area (TPSA) is 35.0 Å². The minimum absolute atomic E-state index is 0.490. The molecule has 7 aromatic carbocycles. The Kier molecular flexibility index (Phi) is 5.59. The summed E-state index contributed by atoms with van der Waals surface area (Å²) in [5, 5.41) is 4.48. The number of hydrogen-bond acceptors (Lipinski definition) is 3. The van der Waals surface area contributed by atoms with Gasteiger partial charge in [-0.15, -0.1) is 0 Å². The summed E-state index contributed by atoms with van der Waals surface area (Å²) in [6, 6.07) is 58.7. The van der Waals surface area contributed by atoms with Gasteiger partial charge in [-0.05, 0) is 68.4 Å². The van der Waals surface area contributed by atoms with Gasteiger partial charge >= 0.3 is 0 Å². The summed E-state index contributed by atoms with van der Waals surface area (Å²) < 4.78 is 6.87. The Hall–Kier alpha value is -6.58. The van der Waals surface area contributed by atoms with E-state index in [2.05, 4.69) is 158 Å². The molecule has 0 atom stereocenters. The summed E-state index contributed by atoms with van der Waals surface area (Å²) >= 11 is 0. The fraction of sp³-hybridized carbons (Fsp3) is 0.0213. The highest BCUT2D eigenvalue weighted by Crippen LogP contribution is 2.62. The first-order valence-electron chi connectivity index (χ1n) is 17.1. The number of fused-ring (bicyclic) bond motifs is 13. The number of para-hydroxylation sites is 1. The number of rotatable bonds is 2. The largest absolute Gasteiger partial charge is 0.457 e. The van der Waals surface area contributed by atoms with Gasteiger partial charge in [0, 0.05) is 33.7 Å². The van der Waals surface area contributed by atoms with Crippen LogP contribution in [0.1, 0.15) is 22.3 Å². The van der Waals surface area contributed by atoms with Crippen molar-refractivity contribution >= 4 is 32.6 Å². The molecule has 2 aliphatic rings. The van der Waals surface area contributed by atoms with Crippen molar-refractivity contribution in [3.63, 3.8) is 0 Å². The molecular weight excluding hydrogens is 609 g/mol. The molecule has 0 saturated heterocycles. The minimum atomic E-state index is -0.490. The van der Waals surface area contributed by atoms with Gasteiger partial charge in [0.05, 0.1) is 22.1 Å². The molecule has 11 rings (SSSR count). The summed E-state index contributed by atoms with van der Waals surface area (Å²) in [4.78, 5) is 10.1. The van der Waals surface area contributed by atoms with Gasteiger partial charge in [0.25, 0.3) is 0 Å². The zero-order chi connectivity index (χ0) is 32.8. The lowest BCUT2D eigenvalue weighted by Gasteiger charge is -2.39. The van der Waals surface area contributed by atoms with E-state index in [1.807, 2.05) is 12.3 Å². The van der Waals surface area contributed by atoms with E-state index in [1.165, 1.54) is 33.2 Å². The molecule has 0 bridgehead atoms. The molecular formula is C47H28N2O.